The van der Waals surface area contributed by atoms with E-state index in [1.165, 1.54) is 12.8 Å². The van der Waals surface area contributed by atoms with Gasteiger partial charge in [-0.3, -0.25) is 4.90 Å². The average Bonchev–Trinajstić information content (AvgIpc) is 3.24. The van der Waals surface area contributed by atoms with E-state index >= 15 is 0 Å². The minimum absolute atomic E-state index is 0.313. The van der Waals surface area contributed by atoms with Gasteiger partial charge in [0.1, 0.15) is 5.75 Å². The molecule has 0 radical (unpaired) electrons. The average molecular weight is 281 g/mol. The molecule has 0 aromatic heterocycles. The van der Waals surface area contributed by atoms with E-state index in [1.807, 2.05) is 6.07 Å². The van der Waals surface area contributed by atoms with Crippen LogP contribution in [0.15, 0.2) is 18.2 Å². The summed E-state index contributed by atoms with van der Waals surface area (Å²) in [6, 6.07) is 5.73. The number of phenolic OH excluding ortho intramolecular Hbond substituents is 1. The Bertz CT molecular complexity index is 442. The third kappa shape index (κ3) is 3.22. The van der Waals surface area contributed by atoms with Crippen LogP contribution in [0.3, 0.4) is 0 Å². The Morgan fingerprint density at radius 1 is 1.32 bits per heavy atom. The smallest absolute Gasteiger partial charge is 0.120 e. The molecular weight excluding hydrogens is 260 g/mol. The Hall–Kier alpha value is -0.770. The molecule has 1 aromatic carbocycles. The third-order valence-electron chi connectivity index (χ3n) is 4.19. The summed E-state index contributed by atoms with van der Waals surface area (Å²) in [4.78, 5) is 2.49. The molecule has 104 valence electrons. The predicted octanol–water partition coefficient (Wildman–Crippen LogP) is 2.79. The standard InChI is InChI=1S/C15H21ClN2O/c16-12-3-4-15(19)13(10-12)14(9-11-1-2-11)18-7-5-17-6-8-18/h3-4,10-11,14,17,19H,1-2,5-9H2/t14-/m0/s1. The summed E-state index contributed by atoms with van der Waals surface area (Å²) in [5.74, 6) is 1.21. The van der Waals surface area contributed by atoms with Gasteiger partial charge in [0.15, 0.2) is 0 Å². The van der Waals surface area contributed by atoms with Crippen molar-refractivity contribution in [3.63, 3.8) is 0 Å². The van der Waals surface area contributed by atoms with E-state index in [2.05, 4.69) is 10.2 Å². The topological polar surface area (TPSA) is 35.5 Å². The molecule has 1 heterocycles. The van der Waals surface area contributed by atoms with Gasteiger partial charge in [0.25, 0.3) is 0 Å². The van der Waals surface area contributed by atoms with Crippen LogP contribution in [0.4, 0.5) is 0 Å². The zero-order chi connectivity index (χ0) is 13.2. The molecule has 2 aliphatic rings. The largest absolute Gasteiger partial charge is 0.508 e. The van der Waals surface area contributed by atoms with Crippen molar-refractivity contribution in [1.29, 1.82) is 0 Å². The minimum Gasteiger partial charge on any atom is -0.508 e. The van der Waals surface area contributed by atoms with Gasteiger partial charge in [-0.25, -0.2) is 0 Å². The Balaban J connectivity index is 1.85. The molecule has 0 spiro atoms. The third-order valence-corrected chi connectivity index (χ3v) is 4.43. The molecule has 1 saturated heterocycles. The quantitative estimate of drug-likeness (QED) is 0.890. The van der Waals surface area contributed by atoms with Crippen molar-refractivity contribution in [2.45, 2.75) is 25.3 Å². The maximum Gasteiger partial charge on any atom is 0.120 e. The Morgan fingerprint density at radius 2 is 2.05 bits per heavy atom. The van der Waals surface area contributed by atoms with Crippen molar-refractivity contribution >= 4 is 11.6 Å². The maximum atomic E-state index is 10.2. The number of phenols is 1. The van der Waals surface area contributed by atoms with Crippen LogP contribution < -0.4 is 5.32 Å². The summed E-state index contributed by atoms with van der Waals surface area (Å²) < 4.78 is 0. The zero-order valence-corrected chi connectivity index (χ0v) is 11.9. The summed E-state index contributed by atoms with van der Waals surface area (Å²) in [6.45, 7) is 4.15. The van der Waals surface area contributed by atoms with Crippen molar-refractivity contribution in [1.82, 2.24) is 10.2 Å². The molecule has 19 heavy (non-hydrogen) atoms. The van der Waals surface area contributed by atoms with Crippen LogP contribution in [0.2, 0.25) is 5.02 Å². The van der Waals surface area contributed by atoms with Crippen molar-refractivity contribution in [2.24, 2.45) is 5.92 Å². The van der Waals surface area contributed by atoms with E-state index in [4.69, 9.17) is 11.6 Å². The summed E-state index contributed by atoms with van der Waals surface area (Å²) in [5.41, 5.74) is 1.00. The van der Waals surface area contributed by atoms with Gasteiger partial charge >= 0.3 is 0 Å². The van der Waals surface area contributed by atoms with Gasteiger partial charge in [0.2, 0.25) is 0 Å². The molecule has 1 saturated carbocycles. The van der Waals surface area contributed by atoms with Crippen molar-refractivity contribution in [3.8, 4) is 5.75 Å². The van der Waals surface area contributed by atoms with Crippen LogP contribution in [0, 0.1) is 5.92 Å². The number of aromatic hydroxyl groups is 1. The molecule has 3 nitrogen and oxygen atoms in total. The molecule has 1 atom stereocenters. The molecule has 0 unspecified atom stereocenters. The molecule has 2 N–H and O–H groups in total. The number of nitrogens with one attached hydrogen (secondary N) is 1. The molecule has 3 rings (SSSR count). The van der Waals surface area contributed by atoms with Crippen LogP contribution in [0.5, 0.6) is 5.75 Å². The first-order valence-corrected chi connectivity index (χ1v) is 7.55. The fourth-order valence-electron chi connectivity index (χ4n) is 2.93. The SMILES string of the molecule is Oc1ccc(Cl)cc1[C@H](CC1CC1)N1CCNCC1. The number of halogens is 1. The van der Waals surface area contributed by atoms with Crippen molar-refractivity contribution < 1.29 is 5.11 Å². The van der Waals surface area contributed by atoms with E-state index in [-0.39, 0.29) is 0 Å². The molecule has 2 fully saturated rings. The number of hydrogen-bond acceptors (Lipinski definition) is 3. The molecule has 1 aliphatic heterocycles. The summed E-state index contributed by atoms with van der Waals surface area (Å²) in [6.07, 6.45) is 3.82. The number of piperazine rings is 1. The lowest BCUT2D eigenvalue weighted by Gasteiger charge is -2.35. The molecule has 1 aliphatic carbocycles. The molecule has 4 heteroatoms. The van der Waals surface area contributed by atoms with Crippen LogP contribution in [0.1, 0.15) is 30.9 Å². The zero-order valence-electron chi connectivity index (χ0n) is 11.1. The number of hydrogen-bond donors (Lipinski definition) is 2. The number of nitrogens with zero attached hydrogens (tertiary/aromatic N) is 1. The van der Waals surface area contributed by atoms with E-state index in [0.717, 1.165) is 44.1 Å². The van der Waals surface area contributed by atoms with Gasteiger partial charge in [0, 0.05) is 42.8 Å². The summed E-state index contributed by atoms with van der Waals surface area (Å²) >= 11 is 6.11. The Morgan fingerprint density at radius 3 is 2.74 bits per heavy atom. The fraction of sp³-hybridized carbons (Fsp3) is 0.600. The molecule has 1 aromatic rings. The van der Waals surface area contributed by atoms with Crippen LogP contribution in [-0.4, -0.2) is 36.2 Å². The van der Waals surface area contributed by atoms with Gasteiger partial charge < -0.3 is 10.4 Å². The first-order chi connectivity index (χ1) is 9.24. The molecular formula is C15H21ClN2O. The van der Waals surface area contributed by atoms with E-state index < -0.39 is 0 Å². The van der Waals surface area contributed by atoms with Gasteiger partial charge in [-0.15, -0.1) is 0 Å². The van der Waals surface area contributed by atoms with E-state index in [9.17, 15) is 5.11 Å². The van der Waals surface area contributed by atoms with Gasteiger partial charge in [0.05, 0.1) is 0 Å². The second-order valence-corrected chi connectivity index (χ2v) is 6.12. The monoisotopic (exact) mass is 280 g/mol. The highest BCUT2D eigenvalue weighted by Gasteiger charge is 2.31. The molecule has 0 amide bonds. The van der Waals surface area contributed by atoms with E-state index in [1.54, 1.807) is 12.1 Å². The maximum absolute atomic E-state index is 10.2. The number of rotatable bonds is 4. The van der Waals surface area contributed by atoms with Gasteiger partial charge in [-0.05, 0) is 30.5 Å². The Kier molecular flexibility index (Phi) is 3.96. The lowest BCUT2D eigenvalue weighted by atomic mass is 9.98. The second-order valence-electron chi connectivity index (χ2n) is 5.68. The van der Waals surface area contributed by atoms with Gasteiger partial charge in [-0.1, -0.05) is 24.4 Å². The normalized spacial score (nSPS) is 22.4. The van der Waals surface area contributed by atoms with Crippen LogP contribution in [-0.2, 0) is 0 Å². The highest BCUT2D eigenvalue weighted by atomic mass is 35.5. The van der Waals surface area contributed by atoms with Crippen LogP contribution in [0.25, 0.3) is 0 Å². The minimum atomic E-state index is 0.313. The molecule has 0 bridgehead atoms. The first-order valence-electron chi connectivity index (χ1n) is 7.17. The van der Waals surface area contributed by atoms with Gasteiger partial charge in [-0.2, -0.15) is 0 Å². The first kappa shape index (κ1) is 13.2. The van der Waals surface area contributed by atoms with Crippen molar-refractivity contribution in [3.05, 3.63) is 28.8 Å². The predicted molar refractivity (Wildman–Crippen MR) is 77.6 cm³/mol. The number of benzene rings is 1. The van der Waals surface area contributed by atoms with Crippen LogP contribution >= 0.6 is 11.6 Å². The Labute approximate surface area is 119 Å². The highest BCUT2D eigenvalue weighted by Crippen LogP contribution is 2.42. The van der Waals surface area contributed by atoms with Crippen molar-refractivity contribution in [2.75, 3.05) is 26.2 Å². The second kappa shape index (κ2) is 5.70. The summed E-state index contributed by atoms with van der Waals surface area (Å²) in [5, 5.41) is 14.3. The lowest BCUT2D eigenvalue weighted by Crippen LogP contribution is -2.45. The van der Waals surface area contributed by atoms with E-state index in [0.29, 0.717) is 16.8 Å². The highest BCUT2D eigenvalue weighted by molar-refractivity contribution is 6.30. The fourth-order valence-corrected chi connectivity index (χ4v) is 3.11. The lowest BCUT2D eigenvalue weighted by molar-refractivity contribution is 0.158. The summed E-state index contributed by atoms with van der Waals surface area (Å²) in [7, 11) is 0.